The van der Waals surface area contributed by atoms with E-state index in [2.05, 4.69) is 45.3 Å². The number of allylic oxidation sites excluding steroid dienone is 2. The third-order valence-corrected chi connectivity index (χ3v) is 2.30. The second-order valence-corrected chi connectivity index (χ2v) is 4.34. The van der Waals surface area contributed by atoms with Gasteiger partial charge in [-0.15, -0.1) is 0 Å². The molecule has 0 saturated heterocycles. The molecule has 0 spiro atoms. The quantitative estimate of drug-likeness (QED) is 0.630. The normalized spacial score (nSPS) is 18.0. The van der Waals surface area contributed by atoms with Crippen LogP contribution < -0.4 is 5.32 Å². The highest BCUT2D eigenvalue weighted by Gasteiger charge is 2.19. The summed E-state index contributed by atoms with van der Waals surface area (Å²) in [6, 6.07) is 0. The van der Waals surface area contributed by atoms with E-state index in [-0.39, 0.29) is 0 Å². The summed E-state index contributed by atoms with van der Waals surface area (Å²) < 4.78 is 0. The molecule has 12 heavy (non-hydrogen) atoms. The zero-order valence-corrected chi connectivity index (χ0v) is 8.57. The largest absolute Gasteiger partial charge is 0.387 e. The van der Waals surface area contributed by atoms with Gasteiger partial charge in [0.05, 0.1) is 0 Å². The molecule has 0 aromatic rings. The summed E-state index contributed by atoms with van der Waals surface area (Å²) in [4.78, 5) is 0. The molecule has 0 fully saturated rings. The van der Waals surface area contributed by atoms with E-state index in [1.807, 2.05) is 0 Å². The second kappa shape index (κ2) is 3.34. The summed E-state index contributed by atoms with van der Waals surface area (Å²) in [7, 11) is 0. The Morgan fingerprint density at radius 2 is 2.08 bits per heavy atom. The van der Waals surface area contributed by atoms with Gasteiger partial charge in [0.2, 0.25) is 0 Å². The van der Waals surface area contributed by atoms with Crippen LogP contribution in [-0.2, 0) is 0 Å². The van der Waals surface area contributed by atoms with Crippen molar-refractivity contribution >= 4 is 0 Å². The molecule has 0 atom stereocenters. The maximum absolute atomic E-state index is 3.25. The SMILES string of the molecule is CCC1=C(C(C)(C)C)C=CNC1. The Bertz CT molecular complexity index is 216. The Morgan fingerprint density at radius 1 is 1.42 bits per heavy atom. The maximum Gasteiger partial charge on any atom is 0.0360 e. The lowest BCUT2D eigenvalue weighted by Gasteiger charge is -2.27. The first kappa shape index (κ1) is 9.37. The Kier molecular flexibility index (Phi) is 2.61. The molecular formula is C11H19N. The summed E-state index contributed by atoms with van der Waals surface area (Å²) in [5, 5.41) is 3.25. The fraction of sp³-hybridized carbons (Fsp3) is 0.636. The van der Waals surface area contributed by atoms with Crippen molar-refractivity contribution in [2.24, 2.45) is 5.41 Å². The Balaban J connectivity index is 2.97. The van der Waals surface area contributed by atoms with Crippen LogP contribution in [0.2, 0.25) is 0 Å². The summed E-state index contributed by atoms with van der Waals surface area (Å²) in [6.07, 6.45) is 5.42. The smallest absolute Gasteiger partial charge is 0.0360 e. The van der Waals surface area contributed by atoms with Gasteiger partial charge in [0.1, 0.15) is 0 Å². The molecule has 1 N–H and O–H groups in total. The molecule has 0 amide bonds. The predicted octanol–water partition coefficient (Wildman–Crippen LogP) is 2.86. The van der Waals surface area contributed by atoms with Gasteiger partial charge in [-0.3, -0.25) is 0 Å². The van der Waals surface area contributed by atoms with Crippen LogP contribution in [0.15, 0.2) is 23.4 Å². The summed E-state index contributed by atoms with van der Waals surface area (Å²) in [6.45, 7) is 10.1. The minimum atomic E-state index is 0.296. The number of hydrogen-bond donors (Lipinski definition) is 1. The Morgan fingerprint density at radius 3 is 2.50 bits per heavy atom. The van der Waals surface area contributed by atoms with Gasteiger partial charge in [-0.25, -0.2) is 0 Å². The fourth-order valence-corrected chi connectivity index (χ4v) is 1.63. The lowest BCUT2D eigenvalue weighted by atomic mass is 9.81. The molecule has 1 aliphatic rings. The molecule has 0 unspecified atom stereocenters. The van der Waals surface area contributed by atoms with Crippen LogP contribution in [0, 0.1) is 5.41 Å². The van der Waals surface area contributed by atoms with Crippen molar-refractivity contribution in [3.05, 3.63) is 23.4 Å². The van der Waals surface area contributed by atoms with E-state index in [4.69, 9.17) is 0 Å². The first-order chi connectivity index (χ1) is 5.55. The van der Waals surface area contributed by atoms with E-state index in [1.165, 1.54) is 5.57 Å². The van der Waals surface area contributed by atoms with E-state index in [1.54, 1.807) is 5.57 Å². The molecule has 1 aliphatic heterocycles. The van der Waals surface area contributed by atoms with Gasteiger partial charge < -0.3 is 5.32 Å². The topological polar surface area (TPSA) is 12.0 Å². The lowest BCUT2D eigenvalue weighted by Crippen LogP contribution is -2.21. The molecule has 1 heteroatoms. The van der Waals surface area contributed by atoms with E-state index in [9.17, 15) is 0 Å². The van der Waals surface area contributed by atoms with Crippen molar-refractivity contribution in [3.63, 3.8) is 0 Å². The van der Waals surface area contributed by atoms with Crippen LogP contribution in [-0.4, -0.2) is 6.54 Å². The minimum Gasteiger partial charge on any atom is -0.387 e. The van der Waals surface area contributed by atoms with Gasteiger partial charge in [-0.05, 0) is 35.3 Å². The maximum atomic E-state index is 3.25. The summed E-state index contributed by atoms with van der Waals surface area (Å²) in [5.74, 6) is 0. The van der Waals surface area contributed by atoms with Crippen molar-refractivity contribution < 1.29 is 0 Å². The molecular weight excluding hydrogens is 146 g/mol. The van der Waals surface area contributed by atoms with E-state index in [0.717, 1.165) is 13.0 Å². The van der Waals surface area contributed by atoms with Crippen LogP contribution in [0.1, 0.15) is 34.1 Å². The monoisotopic (exact) mass is 165 g/mol. The third kappa shape index (κ3) is 1.90. The molecule has 1 rings (SSSR count). The van der Waals surface area contributed by atoms with Crippen molar-refractivity contribution in [1.82, 2.24) is 5.32 Å². The molecule has 0 saturated carbocycles. The van der Waals surface area contributed by atoms with E-state index in [0.29, 0.717) is 5.41 Å². The number of nitrogens with one attached hydrogen (secondary N) is 1. The van der Waals surface area contributed by atoms with Gasteiger partial charge in [-0.1, -0.05) is 27.7 Å². The Labute approximate surface area is 75.6 Å². The molecule has 1 heterocycles. The highest BCUT2D eigenvalue weighted by molar-refractivity contribution is 5.34. The van der Waals surface area contributed by atoms with Crippen LogP contribution in [0.5, 0.6) is 0 Å². The van der Waals surface area contributed by atoms with Crippen molar-refractivity contribution in [2.75, 3.05) is 6.54 Å². The van der Waals surface area contributed by atoms with Crippen LogP contribution in [0.25, 0.3) is 0 Å². The number of hydrogen-bond acceptors (Lipinski definition) is 1. The van der Waals surface area contributed by atoms with E-state index < -0.39 is 0 Å². The second-order valence-electron chi connectivity index (χ2n) is 4.34. The van der Waals surface area contributed by atoms with Gasteiger partial charge in [0.25, 0.3) is 0 Å². The number of rotatable bonds is 1. The average molecular weight is 165 g/mol. The van der Waals surface area contributed by atoms with Crippen molar-refractivity contribution in [1.29, 1.82) is 0 Å². The van der Waals surface area contributed by atoms with Gasteiger partial charge in [0.15, 0.2) is 0 Å². The average Bonchev–Trinajstić information content (AvgIpc) is 2.03. The van der Waals surface area contributed by atoms with Crippen LogP contribution >= 0.6 is 0 Å². The molecule has 68 valence electrons. The first-order valence-corrected chi connectivity index (χ1v) is 4.68. The molecule has 1 nitrogen and oxygen atoms in total. The number of dihydropyridines is 1. The first-order valence-electron chi connectivity index (χ1n) is 4.68. The van der Waals surface area contributed by atoms with Crippen LogP contribution in [0.3, 0.4) is 0 Å². The minimum absolute atomic E-state index is 0.296. The fourth-order valence-electron chi connectivity index (χ4n) is 1.63. The van der Waals surface area contributed by atoms with Gasteiger partial charge in [-0.2, -0.15) is 0 Å². The van der Waals surface area contributed by atoms with Gasteiger partial charge >= 0.3 is 0 Å². The molecule has 0 radical (unpaired) electrons. The zero-order chi connectivity index (χ0) is 9.19. The molecule has 0 aliphatic carbocycles. The highest BCUT2D eigenvalue weighted by Crippen LogP contribution is 2.31. The van der Waals surface area contributed by atoms with Crippen molar-refractivity contribution in [2.45, 2.75) is 34.1 Å². The molecule has 0 bridgehead atoms. The zero-order valence-electron chi connectivity index (χ0n) is 8.57. The van der Waals surface area contributed by atoms with Crippen molar-refractivity contribution in [3.8, 4) is 0 Å². The van der Waals surface area contributed by atoms with Gasteiger partial charge in [0, 0.05) is 6.54 Å². The molecule has 0 aromatic heterocycles. The third-order valence-electron chi connectivity index (χ3n) is 2.30. The lowest BCUT2D eigenvalue weighted by molar-refractivity contribution is 0.503. The standard InChI is InChI=1S/C11H19N/c1-5-9-8-12-7-6-10(9)11(2,3)4/h6-7,12H,5,8H2,1-4H3. The summed E-state index contributed by atoms with van der Waals surface area (Å²) >= 11 is 0. The van der Waals surface area contributed by atoms with Crippen LogP contribution in [0.4, 0.5) is 0 Å². The highest BCUT2D eigenvalue weighted by atomic mass is 14.8. The summed E-state index contributed by atoms with van der Waals surface area (Å²) in [5.41, 5.74) is 3.35. The Hall–Kier alpha value is -0.720. The predicted molar refractivity (Wildman–Crippen MR) is 53.9 cm³/mol. The van der Waals surface area contributed by atoms with E-state index >= 15 is 0 Å². The molecule has 0 aromatic carbocycles.